The molecule has 4 heteroatoms. The summed E-state index contributed by atoms with van der Waals surface area (Å²) >= 11 is 0. The minimum absolute atomic E-state index is 0.0493. The van der Waals surface area contributed by atoms with E-state index in [2.05, 4.69) is 16.3 Å². The Bertz CT molecular complexity index is 484. The van der Waals surface area contributed by atoms with Crippen LogP contribution in [0, 0.1) is 11.3 Å². The van der Waals surface area contributed by atoms with Gasteiger partial charge in [-0.25, -0.2) is 0 Å². The van der Waals surface area contributed by atoms with Gasteiger partial charge in [0.05, 0.1) is 11.6 Å². The molecular formula is C15H19N3O. The first-order valence-corrected chi connectivity index (χ1v) is 6.66. The summed E-state index contributed by atoms with van der Waals surface area (Å²) < 4.78 is 0. The summed E-state index contributed by atoms with van der Waals surface area (Å²) in [6.07, 6.45) is 1.96. The molecule has 0 aromatic heterocycles. The molecule has 1 aliphatic heterocycles. The van der Waals surface area contributed by atoms with Crippen molar-refractivity contribution >= 4 is 5.91 Å². The van der Waals surface area contributed by atoms with Crippen LogP contribution in [0.3, 0.4) is 0 Å². The summed E-state index contributed by atoms with van der Waals surface area (Å²) in [6, 6.07) is 10.3. The zero-order chi connectivity index (χ0) is 13.7. The monoisotopic (exact) mass is 257 g/mol. The highest BCUT2D eigenvalue weighted by Gasteiger charge is 2.20. The SMILES string of the molecule is CC(=O)NC1CCN(Cc2ccccc2C#N)CC1. The Kier molecular flexibility index (Phi) is 4.53. The Hall–Kier alpha value is -1.86. The van der Waals surface area contributed by atoms with E-state index in [-0.39, 0.29) is 5.91 Å². The Morgan fingerprint density at radius 3 is 2.74 bits per heavy atom. The number of nitrogens with zero attached hydrogens (tertiary/aromatic N) is 2. The molecule has 1 aromatic carbocycles. The van der Waals surface area contributed by atoms with E-state index in [9.17, 15) is 4.79 Å². The second-order valence-corrected chi connectivity index (χ2v) is 5.02. The van der Waals surface area contributed by atoms with Crippen molar-refractivity contribution in [3.8, 4) is 6.07 Å². The smallest absolute Gasteiger partial charge is 0.217 e. The maximum absolute atomic E-state index is 11.0. The Morgan fingerprint density at radius 2 is 2.11 bits per heavy atom. The molecule has 1 N–H and O–H groups in total. The van der Waals surface area contributed by atoms with Crippen LogP contribution in [0.5, 0.6) is 0 Å². The van der Waals surface area contributed by atoms with Crippen molar-refractivity contribution in [1.29, 1.82) is 5.26 Å². The molecule has 1 aliphatic rings. The van der Waals surface area contributed by atoms with Crippen molar-refractivity contribution in [3.05, 3.63) is 35.4 Å². The van der Waals surface area contributed by atoms with Crippen LogP contribution in [0.4, 0.5) is 0 Å². The van der Waals surface area contributed by atoms with Gasteiger partial charge in [0, 0.05) is 32.6 Å². The fourth-order valence-electron chi connectivity index (χ4n) is 2.53. The molecule has 0 atom stereocenters. The first-order chi connectivity index (χ1) is 9.19. The van der Waals surface area contributed by atoms with E-state index < -0.39 is 0 Å². The van der Waals surface area contributed by atoms with Crippen LogP contribution in [0.15, 0.2) is 24.3 Å². The number of nitriles is 1. The Balaban J connectivity index is 1.89. The number of nitrogens with one attached hydrogen (secondary N) is 1. The van der Waals surface area contributed by atoms with Gasteiger partial charge in [0.1, 0.15) is 0 Å². The van der Waals surface area contributed by atoms with Crippen molar-refractivity contribution < 1.29 is 4.79 Å². The van der Waals surface area contributed by atoms with Gasteiger partial charge in [-0.05, 0) is 24.5 Å². The lowest BCUT2D eigenvalue weighted by Crippen LogP contribution is -2.43. The van der Waals surface area contributed by atoms with Crippen LogP contribution in [0.2, 0.25) is 0 Å². The molecule has 0 spiro atoms. The topological polar surface area (TPSA) is 56.1 Å². The van der Waals surface area contributed by atoms with Gasteiger partial charge >= 0.3 is 0 Å². The predicted molar refractivity (Wildman–Crippen MR) is 73.3 cm³/mol. The molecule has 0 radical (unpaired) electrons. The summed E-state index contributed by atoms with van der Waals surface area (Å²) in [4.78, 5) is 13.3. The molecule has 0 saturated carbocycles. The van der Waals surface area contributed by atoms with Crippen LogP contribution in [0.1, 0.15) is 30.9 Å². The number of hydrogen-bond donors (Lipinski definition) is 1. The Labute approximate surface area is 114 Å². The van der Waals surface area contributed by atoms with E-state index in [0.717, 1.165) is 43.6 Å². The number of amides is 1. The van der Waals surface area contributed by atoms with Crippen LogP contribution in [-0.2, 0) is 11.3 Å². The fraction of sp³-hybridized carbons (Fsp3) is 0.467. The first-order valence-electron chi connectivity index (χ1n) is 6.66. The van der Waals surface area contributed by atoms with E-state index in [1.807, 2.05) is 24.3 Å². The number of piperidine rings is 1. The van der Waals surface area contributed by atoms with Gasteiger partial charge in [0.15, 0.2) is 0 Å². The van der Waals surface area contributed by atoms with Crippen molar-refractivity contribution in [2.45, 2.75) is 32.4 Å². The molecule has 1 amide bonds. The lowest BCUT2D eigenvalue weighted by atomic mass is 10.0. The highest BCUT2D eigenvalue weighted by atomic mass is 16.1. The number of hydrogen-bond acceptors (Lipinski definition) is 3. The van der Waals surface area contributed by atoms with Gasteiger partial charge in [-0.2, -0.15) is 5.26 Å². The third kappa shape index (κ3) is 3.80. The molecule has 1 saturated heterocycles. The molecule has 1 fully saturated rings. The summed E-state index contributed by atoms with van der Waals surface area (Å²) in [6.45, 7) is 4.31. The Morgan fingerprint density at radius 1 is 1.42 bits per heavy atom. The number of likely N-dealkylation sites (tertiary alicyclic amines) is 1. The second kappa shape index (κ2) is 6.35. The maximum atomic E-state index is 11.0. The van der Waals surface area contributed by atoms with Crippen molar-refractivity contribution in [1.82, 2.24) is 10.2 Å². The third-order valence-corrected chi connectivity index (χ3v) is 3.53. The van der Waals surface area contributed by atoms with Gasteiger partial charge in [-0.15, -0.1) is 0 Å². The molecule has 0 bridgehead atoms. The van der Waals surface area contributed by atoms with Gasteiger partial charge < -0.3 is 5.32 Å². The minimum Gasteiger partial charge on any atom is -0.354 e. The van der Waals surface area contributed by atoms with Gasteiger partial charge in [-0.1, -0.05) is 18.2 Å². The number of benzene rings is 1. The van der Waals surface area contributed by atoms with E-state index >= 15 is 0 Å². The average Bonchev–Trinajstić information content (AvgIpc) is 2.41. The number of rotatable bonds is 3. The molecule has 19 heavy (non-hydrogen) atoms. The predicted octanol–water partition coefficient (Wildman–Crippen LogP) is 1.66. The van der Waals surface area contributed by atoms with E-state index in [0.29, 0.717) is 6.04 Å². The lowest BCUT2D eigenvalue weighted by Gasteiger charge is -2.32. The van der Waals surface area contributed by atoms with E-state index in [4.69, 9.17) is 5.26 Å². The second-order valence-electron chi connectivity index (χ2n) is 5.02. The van der Waals surface area contributed by atoms with Crippen LogP contribution >= 0.6 is 0 Å². The largest absolute Gasteiger partial charge is 0.354 e. The molecule has 4 nitrogen and oxygen atoms in total. The van der Waals surface area contributed by atoms with Gasteiger partial charge in [0.2, 0.25) is 5.91 Å². The molecule has 1 heterocycles. The van der Waals surface area contributed by atoms with Crippen LogP contribution < -0.4 is 5.32 Å². The molecule has 0 aliphatic carbocycles. The van der Waals surface area contributed by atoms with Crippen LogP contribution in [0.25, 0.3) is 0 Å². The first kappa shape index (κ1) is 13.6. The quantitative estimate of drug-likeness (QED) is 0.896. The third-order valence-electron chi connectivity index (χ3n) is 3.53. The molecule has 100 valence electrons. The summed E-state index contributed by atoms with van der Waals surface area (Å²) in [5, 5.41) is 12.0. The van der Waals surface area contributed by atoms with Crippen molar-refractivity contribution in [2.24, 2.45) is 0 Å². The summed E-state index contributed by atoms with van der Waals surface area (Å²) in [5.41, 5.74) is 1.84. The summed E-state index contributed by atoms with van der Waals surface area (Å²) in [7, 11) is 0. The highest BCUT2D eigenvalue weighted by molar-refractivity contribution is 5.73. The van der Waals surface area contributed by atoms with Gasteiger partial charge in [0.25, 0.3) is 0 Å². The minimum atomic E-state index is 0.0493. The standard InChI is InChI=1S/C15H19N3O/c1-12(19)17-15-6-8-18(9-7-15)11-14-5-3-2-4-13(14)10-16/h2-5,15H,6-9,11H2,1H3,(H,17,19). The zero-order valence-electron chi connectivity index (χ0n) is 11.2. The van der Waals surface area contributed by atoms with E-state index in [1.54, 1.807) is 6.92 Å². The average molecular weight is 257 g/mol. The normalized spacial score (nSPS) is 16.8. The zero-order valence-corrected chi connectivity index (χ0v) is 11.2. The number of carbonyl (C=O) groups excluding carboxylic acids is 1. The van der Waals surface area contributed by atoms with Crippen molar-refractivity contribution in [2.75, 3.05) is 13.1 Å². The van der Waals surface area contributed by atoms with E-state index in [1.165, 1.54) is 0 Å². The molecule has 0 unspecified atom stereocenters. The molecular weight excluding hydrogens is 238 g/mol. The summed E-state index contributed by atoms with van der Waals surface area (Å²) in [5.74, 6) is 0.0493. The number of carbonyl (C=O) groups is 1. The fourth-order valence-corrected chi connectivity index (χ4v) is 2.53. The molecule has 1 aromatic rings. The maximum Gasteiger partial charge on any atom is 0.217 e. The lowest BCUT2D eigenvalue weighted by molar-refractivity contribution is -0.119. The highest BCUT2D eigenvalue weighted by Crippen LogP contribution is 2.16. The molecule has 2 rings (SSSR count). The van der Waals surface area contributed by atoms with Crippen molar-refractivity contribution in [3.63, 3.8) is 0 Å². The van der Waals surface area contributed by atoms with Crippen LogP contribution in [-0.4, -0.2) is 29.9 Å². The van der Waals surface area contributed by atoms with Gasteiger partial charge in [-0.3, -0.25) is 9.69 Å².